The molecule has 13 heteroatoms. The molecule has 0 fully saturated rings. The number of nitrogens with zero attached hydrogens (tertiary/aromatic N) is 3. The summed E-state index contributed by atoms with van der Waals surface area (Å²) in [5.41, 5.74) is -0.698. The molecule has 0 spiro atoms. The number of hydrogen-bond donors (Lipinski definition) is 3. The molecule has 3 N–H and O–H groups in total. The van der Waals surface area contributed by atoms with E-state index in [0.717, 1.165) is 12.1 Å². The lowest BCUT2D eigenvalue weighted by Crippen LogP contribution is -2.41. The van der Waals surface area contributed by atoms with Crippen molar-refractivity contribution in [2.24, 2.45) is 0 Å². The summed E-state index contributed by atoms with van der Waals surface area (Å²) in [5, 5.41) is 14.4. The van der Waals surface area contributed by atoms with Crippen LogP contribution in [0.5, 0.6) is 0 Å². The fraction of sp³-hybridized carbons (Fsp3) is 0.269. The Morgan fingerprint density at radius 1 is 1.03 bits per heavy atom. The Balaban J connectivity index is 1.70. The number of benzene rings is 2. The SMILES string of the molecule is CCN1C(=O)N(c2c(F)cc(NCCNCCCC(=O)O)cc2F)c2c(ccc(Cl)c2F)-c2cc(Cl)cnc21. The van der Waals surface area contributed by atoms with Gasteiger partial charge in [0.15, 0.2) is 17.5 Å². The third-order valence-electron chi connectivity index (χ3n) is 6.03. The molecule has 0 saturated heterocycles. The number of amides is 2. The van der Waals surface area contributed by atoms with E-state index >= 15 is 13.2 Å². The van der Waals surface area contributed by atoms with Crippen molar-refractivity contribution in [3.63, 3.8) is 0 Å². The predicted octanol–water partition coefficient (Wildman–Crippen LogP) is 6.44. The average Bonchev–Trinajstić information content (AvgIpc) is 2.97. The van der Waals surface area contributed by atoms with Crippen LogP contribution in [0.3, 0.4) is 0 Å². The van der Waals surface area contributed by atoms with E-state index in [9.17, 15) is 9.59 Å². The summed E-state index contributed by atoms with van der Waals surface area (Å²) in [6, 6.07) is 5.28. The molecule has 1 aromatic heterocycles. The predicted molar refractivity (Wildman–Crippen MR) is 145 cm³/mol. The number of aliphatic carboxylic acids is 1. The summed E-state index contributed by atoms with van der Waals surface area (Å²) in [7, 11) is 0. The molecule has 2 amide bonds. The number of halogens is 5. The molecule has 39 heavy (non-hydrogen) atoms. The van der Waals surface area contributed by atoms with Gasteiger partial charge >= 0.3 is 12.0 Å². The quantitative estimate of drug-likeness (QED) is 0.238. The largest absolute Gasteiger partial charge is 0.481 e. The summed E-state index contributed by atoms with van der Waals surface area (Å²) >= 11 is 12.2. The third kappa shape index (κ3) is 5.90. The number of nitrogens with one attached hydrogen (secondary N) is 2. The number of carboxylic acids is 1. The molecule has 1 aliphatic rings. The van der Waals surface area contributed by atoms with Crippen LogP contribution in [0.1, 0.15) is 19.8 Å². The number of urea groups is 1. The molecule has 3 aromatic rings. The first kappa shape index (κ1) is 28.5. The van der Waals surface area contributed by atoms with Crippen molar-refractivity contribution >= 4 is 58.1 Å². The number of pyridine rings is 1. The standard InChI is InChI=1S/C26H24Cl2F3N5O3/c1-2-35-25-17(10-14(27)13-34-25)16-5-6-18(28)22(31)23(16)36(26(35)39)24-19(29)11-15(12-20(24)30)33-9-8-32-7-3-4-21(37)38/h5-6,10-13,32-33H,2-4,7-9H2,1H3,(H,37,38). The Labute approximate surface area is 232 Å². The van der Waals surface area contributed by atoms with Gasteiger partial charge in [-0.2, -0.15) is 0 Å². The number of rotatable bonds is 10. The van der Waals surface area contributed by atoms with E-state index in [1.54, 1.807) is 6.92 Å². The van der Waals surface area contributed by atoms with Gasteiger partial charge in [0.05, 0.1) is 15.7 Å². The monoisotopic (exact) mass is 581 g/mol. The summed E-state index contributed by atoms with van der Waals surface area (Å²) in [6.07, 6.45) is 1.80. The highest BCUT2D eigenvalue weighted by atomic mass is 35.5. The molecule has 4 rings (SSSR count). The minimum atomic E-state index is -1.11. The molecule has 0 bridgehead atoms. The Bertz CT molecular complexity index is 1400. The minimum absolute atomic E-state index is 0.0338. The smallest absolute Gasteiger partial charge is 0.335 e. The van der Waals surface area contributed by atoms with Gasteiger partial charge in [0, 0.05) is 49.1 Å². The first-order valence-electron chi connectivity index (χ1n) is 12.0. The van der Waals surface area contributed by atoms with E-state index in [2.05, 4.69) is 15.6 Å². The summed E-state index contributed by atoms with van der Waals surface area (Å²) in [4.78, 5) is 30.4. The number of anilines is 4. The first-order chi connectivity index (χ1) is 18.6. The van der Waals surface area contributed by atoms with Gasteiger partial charge in [-0.05, 0) is 44.2 Å². The minimum Gasteiger partial charge on any atom is -0.481 e. The molecule has 206 valence electrons. The molecular formula is C26H24Cl2F3N5O3. The lowest BCUT2D eigenvalue weighted by atomic mass is 10.0. The van der Waals surface area contributed by atoms with Gasteiger partial charge in [-0.1, -0.05) is 29.3 Å². The van der Waals surface area contributed by atoms with Crippen LogP contribution < -0.4 is 20.4 Å². The van der Waals surface area contributed by atoms with Crippen molar-refractivity contribution in [3.05, 3.63) is 64.0 Å². The lowest BCUT2D eigenvalue weighted by Gasteiger charge is -2.28. The van der Waals surface area contributed by atoms with Gasteiger partial charge in [0.1, 0.15) is 11.5 Å². The van der Waals surface area contributed by atoms with Crippen LogP contribution in [0.25, 0.3) is 11.1 Å². The second-order valence-corrected chi connectivity index (χ2v) is 9.45. The number of carboxylic acid groups (broad SMARTS) is 1. The Hall–Kier alpha value is -3.54. The van der Waals surface area contributed by atoms with Crippen LogP contribution in [0.4, 0.5) is 40.8 Å². The fourth-order valence-electron chi connectivity index (χ4n) is 4.29. The fourth-order valence-corrected chi connectivity index (χ4v) is 4.60. The topological polar surface area (TPSA) is 97.8 Å². The van der Waals surface area contributed by atoms with Crippen molar-refractivity contribution in [2.45, 2.75) is 19.8 Å². The van der Waals surface area contributed by atoms with Crippen LogP contribution in [-0.2, 0) is 4.79 Å². The molecule has 0 saturated carbocycles. The van der Waals surface area contributed by atoms with Crippen LogP contribution in [0.15, 0.2) is 36.5 Å². The van der Waals surface area contributed by atoms with Crippen molar-refractivity contribution in [1.82, 2.24) is 10.3 Å². The highest BCUT2D eigenvalue weighted by Gasteiger charge is 2.38. The summed E-state index contributed by atoms with van der Waals surface area (Å²) in [6.45, 7) is 2.86. The molecule has 0 aliphatic carbocycles. The van der Waals surface area contributed by atoms with Crippen LogP contribution in [0.2, 0.25) is 10.0 Å². The van der Waals surface area contributed by atoms with Crippen LogP contribution >= 0.6 is 23.2 Å². The zero-order valence-electron chi connectivity index (χ0n) is 20.7. The van der Waals surface area contributed by atoms with Crippen LogP contribution in [-0.4, -0.2) is 48.3 Å². The zero-order valence-corrected chi connectivity index (χ0v) is 22.2. The Morgan fingerprint density at radius 2 is 1.74 bits per heavy atom. The van der Waals surface area contributed by atoms with Crippen molar-refractivity contribution in [3.8, 4) is 11.1 Å². The number of hydrogen-bond acceptors (Lipinski definition) is 5. The highest BCUT2D eigenvalue weighted by molar-refractivity contribution is 6.32. The first-order valence-corrected chi connectivity index (χ1v) is 12.8. The number of fused-ring (bicyclic) bond motifs is 3. The van der Waals surface area contributed by atoms with Gasteiger partial charge in [0.2, 0.25) is 0 Å². The van der Waals surface area contributed by atoms with Gasteiger partial charge in [-0.3, -0.25) is 14.6 Å². The Kier molecular flexibility index (Phi) is 8.83. The maximum Gasteiger partial charge on any atom is 0.335 e. The van der Waals surface area contributed by atoms with Gasteiger partial charge in [0.25, 0.3) is 0 Å². The average molecular weight is 582 g/mol. The van der Waals surface area contributed by atoms with E-state index in [0.29, 0.717) is 30.0 Å². The maximum absolute atomic E-state index is 15.6. The number of carbonyl (C=O) groups excluding carboxylic acids is 1. The lowest BCUT2D eigenvalue weighted by molar-refractivity contribution is -0.137. The zero-order chi connectivity index (χ0) is 28.3. The molecule has 2 heterocycles. The third-order valence-corrected chi connectivity index (χ3v) is 6.52. The molecule has 8 nitrogen and oxygen atoms in total. The van der Waals surface area contributed by atoms with E-state index in [-0.39, 0.29) is 46.6 Å². The summed E-state index contributed by atoms with van der Waals surface area (Å²) in [5.74, 6) is -4.01. The van der Waals surface area contributed by atoms with Crippen molar-refractivity contribution in [1.29, 1.82) is 0 Å². The number of aromatic nitrogens is 1. The second-order valence-electron chi connectivity index (χ2n) is 8.61. The number of carbonyl (C=O) groups is 2. The molecule has 2 aromatic carbocycles. The van der Waals surface area contributed by atoms with Crippen molar-refractivity contribution < 1.29 is 27.9 Å². The highest BCUT2D eigenvalue weighted by Crippen LogP contribution is 2.47. The normalized spacial score (nSPS) is 12.7. The molecule has 0 unspecified atom stereocenters. The van der Waals surface area contributed by atoms with Gasteiger partial charge in [-0.25, -0.2) is 22.9 Å². The Morgan fingerprint density at radius 3 is 2.41 bits per heavy atom. The van der Waals surface area contributed by atoms with Gasteiger partial charge in [-0.15, -0.1) is 0 Å². The van der Waals surface area contributed by atoms with Crippen molar-refractivity contribution in [2.75, 3.05) is 41.3 Å². The molecule has 0 radical (unpaired) electrons. The van der Waals surface area contributed by atoms with E-state index in [1.165, 1.54) is 29.3 Å². The summed E-state index contributed by atoms with van der Waals surface area (Å²) < 4.78 is 46.7. The van der Waals surface area contributed by atoms with E-state index in [1.807, 2.05) is 0 Å². The maximum atomic E-state index is 15.6. The molecular weight excluding hydrogens is 558 g/mol. The molecule has 0 atom stereocenters. The van der Waals surface area contributed by atoms with Crippen LogP contribution in [0, 0.1) is 17.5 Å². The van der Waals surface area contributed by atoms with Gasteiger partial charge < -0.3 is 15.7 Å². The van der Waals surface area contributed by atoms with E-state index < -0.39 is 40.8 Å². The second kappa shape index (κ2) is 12.1. The van der Waals surface area contributed by atoms with E-state index in [4.69, 9.17) is 28.3 Å². The molecule has 1 aliphatic heterocycles.